The number of halogens is 2. The first kappa shape index (κ1) is 14.7. The number of allylic oxidation sites excluding steroid dienone is 2. The Hall–Kier alpha value is -1.71. The van der Waals surface area contributed by atoms with Crippen molar-refractivity contribution >= 4 is 5.91 Å². The fourth-order valence-corrected chi connectivity index (χ4v) is 2.55. The van der Waals surface area contributed by atoms with Crippen LogP contribution in [0.5, 0.6) is 0 Å². The number of benzene rings is 1. The number of alkyl halides is 2. The summed E-state index contributed by atoms with van der Waals surface area (Å²) >= 11 is 0. The summed E-state index contributed by atoms with van der Waals surface area (Å²) in [7, 11) is 0. The van der Waals surface area contributed by atoms with Crippen LogP contribution in [-0.2, 0) is 6.42 Å². The number of carbonyl (C=O) groups excluding carboxylic acids is 1. The molecule has 1 aromatic rings. The van der Waals surface area contributed by atoms with E-state index >= 15 is 0 Å². The lowest BCUT2D eigenvalue weighted by atomic mass is 9.86. The Morgan fingerprint density at radius 3 is 2.60 bits per heavy atom. The van der Waals surface area contributed by atoms with Crippen molar-refractivity contribution in [3.8, 4) is 0 Å². The Bertz CT molecular complexity index is 494. The highest BCUT2D eigenvalue weighted by Gasteiger charge is 2.36. The maximum Gasteiger partial charge on any atom is 0.269 e. The van der Waals surface area contributed by atoms with Crippen LogP contribution in [0, 0.1) is 5.92 Å². The second-order valence-corrected chi connectivity index (χ2v) is 5.32. The molecule has 0 fully saturated rings. The molecule has 1 unspecified atom stereocenters. The zero-order valence-electron chi connectivity index (χ0n) is 11.3. The molecule has 2 rings (SSSR count). The van der Waals surface area contributed by atoms with Crippen molar-refractivity contribution in [2.24, 2.45) is 11.7 Å². The van der Waals surface area contributed by atoms with Gasteiger partial charge in [-0.25, -0.2) is 8.78 Å². The van der Waals surface area contributed by atoms with Crippen LogP contribution in [0.25, 0.3) is 0 Å². The monoisotopic (exact) mass is 279 g/mol. The minimum atomic E-state index is -2.76. The first-order chi connectivity index (χ1) is 9.49. The van der Waals surface area contributed by atoms with Crippen molar-refractivity contribution in [1.29, 1.82) is 0 Å². The van der Waals surface area contributed by atoms with Gasteiger partial charge in [-0.05, 0) is 49.5 Å². The SMILES string of the molecule is NC(=O)c1ccc(CC2CCCC/C=C\C2(F)F)cc1. The van der Waals surface area contributed by atoms with Gasteiger partial charge in [0.15, 0.2) is 0 Å². The smallest absolute Gasteiger partial charge is 0.269 e. The quantitative estimate of drug-likeness (QED) is 0.842. The first-order valence-corrected chi connectivity index (χ1v) is 6.93. The number of hydrogen-bond donors (Lipinski definition) is 1. The van der Waals surface area contributed by atoms with E-state index in [0.29, 0.717) is 18.4 Å². The summed E-state index contributed by atoms with van der Waals surface area (Å²) < 4.78 is 28.1. The molecule has 1 amide bonds. The van der Waals surface area contributed by atoms with Gasteiger partial charge < -0.3 is 5.73 Å². The third kappa shape index (κ3) is 3.65. The lowest BCUT2D eigenvalue weighted by Crippen LogP contribution is -2.28. The summed E-state index contributed by atoms with van der Waals surface area (Å²) in [6.45, 7) is 0. The number of rotatable bonds is 3. The molecule has 2 N–H and O–H groups in total. The standard InChI is InChI=1S/C16H19F2NO/c17-16(18)10-4-2-1-3-5-14(16)11-12-6-8-13(9-7-12)15(19)20/h4,6-10,14H,1-3,5,11H2,(H2,19,20)/b10-4-. The predicted octanol–water partition coefficient (Wildman–Crippen LogP) is 3.71. The Balaban J connectivity index is 2.12. The van der Waals surface area contributed by atoms with Crippen LogP contribution in [-0.4, -0.2) is 11.8 Å². The zero-order valence-corrected chi connectivity index (χ0v) is 11.3. The predicted molar refractivity (Wildman–Crippen MR) is 74.7 cm³/mol. The first-order valence-electron chi connectivity index (χ1n) is 6.93. The number of nitrogens with two attached hydrogens (primary N) is 1. The molecule has 2 nitrogen and oxygen atoms in total. The summed E-state index contributed by atoms with van der Waals surface area (Å²) in [5.41, 5.74) is 6.38. The van der Waals surface area contributed by atoms with Gasteiger partial charge in [-0.1, -0.05) is 24.6 Å². The lowest BCUT2D eigenvalue weighted by molar-refractivity contribution is -0.0151. The van der Waals surface area contributed by atoms with Crippen molar-refractivity contribution < 1.29 is 13.6 Å². The average Bonchev–Trinajstić information content (AvgIpc) is 2.40. The van der Waals surface area contributed by atoms with Crippen LogP contribution in [0.15, 0.2) is 36.4 Å². The molecule has 0 aromatic heterocycles. The highest BCUT2D eigenvalue weighted by Crippen LogP contribution is 2.35. The topological polar surface area (TPSA) is 43.1 Å². The van der Waals surface area contributed by atoms with Crippen molar-refractivity contribution in [1.82, 2.24) is 0 Å². The van der Waals surface area contributed by atoms with Crippen LogP contribution in [0.2, 0.25) is 0 Å². The highest BCUT2D eigenvalue weighted by molar-refractivity contribution is 5.92. The Morgan fingerprint density at radius 2 is 1.95 bits per heavy atom. The van der Waals surface area contributed by atoms with Crippen molar-refractivity contribution in [3.05, 3.63) is 47.5 Å². The Kier molecular flexibility index (Phi) is 4.53. The maximum absolute atomic E-state index is 14.0. The van der Waals surface area contributed by atoms with Gasteiger partial charge in [-0.2, -0.15) is 0 Å². The third-order valence-electron chi connectivity index (χ3n) is 3.78. The second-order valence-electron chi connectivity index (χ2n) is 5.32. The van der Waals surface area contributed by atoms with E-state index in [1.807, 2.05) is 0 Å². The molecule has 4 heteroatoms. The molecule has 0 saturated carbocycles. The molecule has 1 aromatic carbocycles. The third-order valence-corrected chi connectivity index (χ3v) is 3.78. The lowest BCUT2D eigenvalue weighted by Gasteiger charge is -2.26. The summed E-state index contributed by atoms with van der Waals surface area (Å²) in [6, 6.07) is 6.60. The van der Waals surface area contributed by atoms with Gasteiger partial charge in [-0.3, -0.25) is 4.79 Å². The zero-order chi connectivity index (χ0) is 14.6. The summed E-state index contributed by atoms with van der Waals surface area (Å²) in [4.78, 5) is 11.0. The average molecular weight is 279 g/mol. The van der Waals surface area contributed by atoms with Gasteiger partial charge in [0.2, 0.25) is 5.91 Å². The molecule has 0 heterocycles. The normalized spacial score (nSPS) is 23.6. The van der Waals surface area contributed by atoms with Gasteiger partial charge in [0.05, 0.1) is 0 Å². The fourth-order valence-electron chi connectivity index (χ4n) is 2.55. The molecular weight excluding hydrogens is 260 g/mol. The minimum Gasteiger partial charge on any atom is -0.366 e. The van der Waals surface area contributed by atoms with Crippen molar-refractivity contribution in [2.45, 2.75) is 38.0 Å². The Labute approximate surface area is 117 Å². The fraction of sp³-hybridized carbons (Fsp3) is 0.438. The van der Waals surface area contributed by atoms with Crippen molar-refractivity contribution in [2.75, 3.05) is 0 Å². The van der Waals surface area contributed by atoms with E-state index in [-0.39, 0.29) is 0 Å². The summed E-state index contributed by atoms with van der Waals surface area (Å²) in [5, 5.41) is 0. The molecule has 0 bridgehead atoms. The van der Waals surface area contributed by atoms with Crippen LogP contribution >= 0.6 is 0 Å². The molecule has 0 aliphatic heterocycles. The molecule has 0 saturated heterocycles. The molecule has 108 valence electrons. The van der Waals surface area contributed by atoms with Gasteiger partial charge in [-0.15, -0.1) is 0 Å². The van der Waals surface area contributed by atoms with E-state index < -0.39 is 17.7 Å². The van der Waals surface area contributed by atoms with E-state index in [9.17, 15) is 13.6 Å². The summed E-state index contributed by atoms with van der Waals surface area (Å²) in [6.07, 6.45) is 5.99. The molecule has 1 atom stereocenters. The highest BCUT2D eigenvalue weighted by atomic mass is 19.3. The minimum absolute atomic E-state index is 0.316. The molecule has 1 aliphatic carbocycles. The van der Waals surface area contributed by atoms with Gasteiger partial charge in [0.25, 0.3) is 5.92 Å². The molecule has 1 aliphatic rings. The number of carbonyl (C=O) groups is 1. The largest absolute Gasteiger partial charge is 0.366 e. The van der Waals surface area contributed by atoms with Gasteiger partial charge in [0.1, 0.15) is 0 Å². The van der Waals surface area contributed by atoms with Gasteiger partial charge >= 0.3 is 0 Å². The van der Waals surface area contributed by atoms with Crippen LogP contribution in [0.1, 0.15) is 41.6 Å². The van der Waals surface area contributed by atoms with E-state index in [1.165, 1.54) is 0 Å². The molecule has 0 radical (unpaired) electrons. The maximum atomic E-state index is 14.0. The molecule has 0 spiro atoms. The number of hydrogen-bond acceptors (Lipinski definition) is 1. The molecular formula is C16H19F2NO. The van der Waals surface area contributed by atoms with E-state index in [4.69, 9.17) is 5.73 Å². The van der Waals surface area contributed by atoms with Crippen LogP contribution < -0.4 is 5.73 Å². The van der Waals surface area contributed by atoms with E-state index in [1.54, 1.807) is 30.3 Å². The van der Waals surface area contributed by atoms with Crippen LogP contribution in [0.4, 0.5) is 8.78 Å². The number of primary amides is 1. The van der Waals surface area contributed by atoms with Crippen molar-refractivity contribution in [3.63, 3.8) is 0 Å². The Morgan fingerprint density at radius 1 is 1.25 bits per heavy atom. The van der Waals surface area contributed by atoms with Gasteiger partial charge in [0, 0.05) is 11.5 Å². The molecule has 20 heavy (non-hydrogen) atoms. The number of amides is 1. The second kappa shape index (κ2) is 6.16. The van der Waals surface area contributed by atoms with Crippen LogP contribution in [0.3, 0.4) is 0 Å². The van der Waals surface area contributed by atoms with E-state index in [0.717, 1.165) is 30.9 Å². The van der Waals surface area contributed by atoms with E-state index in [2.05, 4.69) is 0 Å². The summed E-state index contributed by atoms with van der Waals surface area (Å²) in [5.74, 6) is -3.95.